The Labute approximate surface area is 176 Å². The lowest BCUT2D eigenvalue weighted by molar-refractivity contribution is -0.393. The number of hydrogen-bond acceptors (Lipinski definition) is 10. The van der Waals surface area contributed by atoms with E-state index < -0.39 is 58.5 Å². The Hall–Kier alpha value is -3.16. The number of nitrogens with zero attached hydrogens (tertiary/aromatic N) is 2. The molecule has 1 aliphatic heterocycles. The van der Waals surface area contributed by atoms with Crippen LogP contribution in [0.5, 0.6) is 0 Å². The normalized spacial score (nSPS) is 25.7. The minimum atomic E-state index is -1.53. The topological polar surface area (TPSA) is 177 Å². The van der Waals surface area contributed by atoms with Crippen molar-refractivity contribution in [2.45, 2.75) is 37.3 Å². The van der Waals surface area contributed by atoms with E-state index >= 15 is 0 Å². The summed E-state index contributed by atoms with van der Waals surface area (Å²) in [5.74, 6) is 0. The first kappa shape index (κ1) is 22.5. The summed E-state index contributed by atoms with van der Waals surface area (Å²) in [6.07, 6.45) is -5.37. The highest BCUT2D eigenvalue weighted by Gasteiger charge is 2.45. The van der Waals surface area contributed by atoms with Gasteiger partial charge >= 0.3 is 0 Å². The molecule has 1 saturated heterocycles. The second-order valence-electron chi connectivity index (χ2n) is 6.89. The predicted octanol–water partition coefficient (Wildman–Crippen LogP) is 0.939. The highest BCUT2D eigenvalue weighted by Crippen LogP contribution is 2.32. The summed E-state index contributed by atoms with van der Waals surface area (Å²) in [6, 6.07) is 10.8. The van der Waals surface area contributed by atoms with Gasteiger partial charge in [0.1, 0.15) is 30.0 Å². The molecule has 0 spiro atoms. The van der Waals surface area contributed by atoms with Crippen molar-refractivity contribution in [3.63, 3.8) is 0 Å². The molecular weight excluding hydrogens is 414 g/mol. The summed E-state index contributed by atoms with van der Waals surface area (Å²) >= 11 is 0. The number of anilines is 1. The van der Waals surface area contributed by atoms with Gasteiger partial charge in [0.15, 0.2) is 6.29 Å². The molecule has 1 aliphatic rings. The summed E-state index contributed by atoms with van der Waals surface area (Å²) in [5.41, 5.74) is -0.421. The first-order valence-corrected chi connectivity index (χ1v) is 9.29. The number of hydrogen-bond donors (Lipinski definition) is 4. The molecule has 0 saturated carbocycles. The molecule has 0 unspecified atom stereocenters. The zero-order chi connectivity index (χ0) is 22.5. The molecule has 5 atom stereocenters. The van der Waals surface area contributed by atoms with Crippen LogP contribution < -0.4 is 5.32 Å². The summed E-state index contributed by atoms with van der Waals surface area (Å²) < 4.78 is 11.3. The van der Waals surface area contributed by atoms with Crippen LogP contribution in [-0.2, 0) is 16.1 Å². The molecule has 12 nitrogen and oxygen atoms in total. The highest BCUT2D eigenvalue weighted by molar-refractivity contribution is 5.65. The zero-order valence-electron chi connectivity index (χ0n) is 16.1. The number of benzene rings is 2. The van der Waals surface area contributed by atoms with Gasteiger partial charge in [0.2, 0.25) is 0 Å². The number of ether oxygens (including phenoxy) is 2. The van der Waals surface area contributed by atoms with Gasteiger partial charge in [-0.05, 0) is 11.6 Å². The van der Waals surface area contributed by atoms with Crippen molar-refractivity contribution in [2.24, 2.45) is 0 Å². The van der Waals surface area contributed by atoms with Crippen LogP contribution in [0, 0.1) is 20.2 Å². The maximum atomic E-state index is 11.4. The minimum absolute atomic E-state index is 0.0625. The van der Waals surface area contributed by atoms with Crippen LogP contribution in [0.3, 0.4) is 0 Å². The molecule has 2 aromatic rings. The molecule has 166 valence electrons. The number of nitro benzene ring substituents is 2. The molecule has 0 amide bonds. The van der Waals surface area contributed by atoms with Gasteiger partial charge in [-0.2, -0.15) is 0 Å². The number of nitro groups is 2. The fourth-order valence-corrected chi connectivity index (χ4v) is 3.22. The highest BCUT2D eigenvalue weighted by atomic mass is 16.7. The van der Waals surface area contributed by atoms with E-state index in [2.05, 4.69) is 5.32 Å². The van der Waals surface area contributed by atoms with E-state index in [0.29, 0.717) is 0 Å². The molecule has 2 aromatic carbocycles. The lowest BCUT2D eigenvalue weighted by Gasteiger charge is -2.42. The lowest BCUT2D eigenvalue weighted by atomic mass is 9.96. The van der Waals surface area contributed by atoms with Gasteiger partial charge in [-0.3, -0.25) is 20.2 Å². The molecule has 0 aliphatic carbocycles. The maximum Gasteiger partial charge on any atom is 0.299 e. The van der Waals surface area contributed by atoms with Crippen molar-refractivity contribution < 1.29 is 34.6 Å². The molecule has 0 bridgehead atoms. The molecular formula is C19H21N3O9. The van der Waals surface area contributed by atoms with Crippen LogP contribution in [0.25, 0.3) is 0 Å². The van der Waals surface area contributed by atoms with E-state index in [1.54, 1.807) is 24.3 Å². The van der Waals surface area contributed by atoms with Crippen LogP contribution in [0.4, 0.5) is 17.1 Å². The third kappa shape index (κ3) is 5.13. The van der Waals surface area contributed by atoms with Crippen molar-refractivity contribution in [1.29, 1.82) is 0 Å². The van der Waals surface area contributed by atoms with E-state index in [4.69, 9.17) is 9.47 Å². The second-order valence-corrected chi connectivity index (χ2v) is 6.89. The first-order valence-electron chi connectivity index (χ1n) is 9.29. The van der Waals surface area contributed by atoms with E-state index in [9.17, 15) is 35.5 Å². The largest absolute Gasteiger partial charge is 0.394 e. The Balaban J connectivity index is 1.87. The number of non-ortho nitro benzene ring substituents is 1. The SMILES string of the molecule is O=[N+]([O-])c1ccc(N[C@H]2[C@H](OCc3ccccc3)O[C@@H](CO)[C@@H](O)[C@H]2O)c([N+](=O)[O-])c1. The summed E-state index contributed by atoms with van der Waals surface area (Å²) in [4.78, 5) is 20.8. The van der Waals surface area contributed by atoms with Crippen molar-refractivity contribution >= 4 is 17.1 Å². The van der Waals surface area contributed by atoms with Crippen LogP contribution in [-0.4, -0.2) is 62.4 Å². The minimum Gasteiger partial charge on any atom is -0.394 e. The van der Waals surface area contributed by atoms with Gasteiger partial charge in [-0.15, -0.1) is 0 Å². The Morgan fingerprint density at radius 1 is 1.03 bits per heavy atom. The van der Waals surface area contributed by atoms with E-state index in [1.165, 1.54) is 0 Å². The molecule has 3 rings (SSSR count). The third-order valence-corrected chi connectivity index (χ3v) is 4.85. The molecule has 1 heterocycles. The van der Waals surface area contributed by atoms with E-state index in [0.717, 1.165) is 23.8 Å². The van der Waals surface area contributed by atoms with Crippen molar-refractivity contribution in [1.82, 2.24) is 0 Å². The van der Waals surface area contributed by atoms with Crippen molar-refractivity contribution in [3.05, 3.63) is 74.3 Å². The lowest BCUT2D eigenvalue weighted by Crippen LogP contribution is -2.61. The van der Waals surface area contributed by atoms with E-state index in [-0.39, 0.29) is 12.3 Å². The third-order valence-electron chi connectivity index (χ3n) is 4.85. The van der Waals surface area contributed by atoms with E-state index in [1.807, 2.05) is 6.07 Å². The number of nitrogens with one attached hydrogen (secondary N) is 1. The Kier molecular flexibility index (Phi) is 7.09. The second kappa shape index (κ2) is 9.76. The number of aliphatic hydroxyl groups is 3. The van der Waals surface area contributed by atoms with Crippen LogP contribution in [0.15, 0.2) is 48.5 Å². The quantitative estimate of drug-likeness (QED) is 0.344. The summed E-state index contributed by atoms with van der Waals surface area (Å²) in [7, 11) is 0. The van der Waals surface area contributed by atoms with Gasteiger partial charge in [0.25, 0.3) is 11.4 Å². The number of aliphatic hydroxyl groups excluding tert-OH is 3. The van der Waals surface area contributed by atoms with Crippen molar-refractivity contribution in [2.75, 3.05) is 11.9 Å². The zero-order valence-corrected chi connectivity index (χ0v) is 16.1. The predicted molar refractivity (Wildman–Crippen MR) is 106 cm³/mol. The van der Waals surface area contributed by atoms with Gasteiger partial charge < -0.3 is 30.1 Å². The van der Waals surface area contributed by atoms with Crippen LogP contribution >= 0.6 is 0 Å². The van der Waals surface area contributed by atoms with Gasteiger partial charge in [0.05, 0.1) is 29.1 Å². The average molecular weight is 435 g/mol. The van der Waals surface area contributed by atoms with Gasteiger partial charge in [-0.1, -0.05) is 30.3 Å². The smallest absolute Gasteiger partial charge is 0.299 e. The molecule has 12 heteroatoms. The van der Waals surface area contributed by atoms with Crippen LogP contribution in [0.1, 0.15) is 5.56 Å². The molecule has 0 radical (unpaired) electrons. The summed E-state index contributed by atoms with van der Waals surface area (Å²) in [5, 5.41) is 55.3. The molecule has 1 fully saturated rings. The Bertz CT molecular complexity index is 927. The summed E-state index contributed by atoms with van der Waals surface area (Å²) in [6.45, 7) is -0.527. The maximum absolute atomic E-state index is 11.4. The average Bonchev–Trinajstić information content (AvgIpc) is 2.77. The monoisotopic (exact) mass is 435 g/mol. The molecule has 0 aromatic heterocycles. The fourth-order valence-electron chi connectivity index (χ4n) is 3.22. The standard InChI is InChI=1S/C19H21N3O9/c23-9-15-17(24)18(25)16(19(31-15)30-10-11-4-2-1-3-5-11)20-13-7-6-12(21(26)27)8-14(13)22(28)29/h1-8,15-20,23-25H,9-10H2/t15-,16+,17+,18-,19+/m0/s1. The molecule has 4 N–H and O–H groups in total. The Morgan fingerprint density at radius 2 is 1.74 bits per heavy atom. The first-order chi connectivity index (χ1) is 14.8. The van der Waals surface area contributed by atoms with Crippen molar-refractivity contribution in [3.8, 4) is 0 Å². The number of rotatable bonds is 8. The Morgan fingerprint density at radius 3 is 2.35 bits per heavy atom. The fraction of sp³-hybridized carbons (Fsp3) is 0.368. The van der Waals surface area contributed by atoms with Gasteiger partial charge in [-0.25, -0.2) is 0 Å². The molecule has 31 heavy (non-hydrogen) atoms. The van der Waals surface area contributed by atoms with Gasteiger partial charge in [0, 0.05) is 6.07 Å². The van der Waals surface area contributed by atoms with Crippen LogP contribution in [0.2, 0.25) is 0 Å².